The molecule has 0 fully saturated rings. The summed E-state index contributed by atoms with van der Waals surface area (Å²) in [6.07, 6.45) is 11.5. The summed E-state index contributed by atoms with van der Waals surface area (Å²) in [5, 5.41) is 11.5. The average Bonchev–Trinajstić information content (AvgIpc) is 2.32. The molecule has 0 aliphatic carbocycles. The molecule has 90 valence electrons. The Hall–Kier alpha value is -1.33. The summed E-state index contributed by atoms with van der Waals surface area (Å²) in [5.41, 5.74) is 0. The first-order valence-corrected chi connectivity index (χ1v) is 5.71. The number of nitrogens with zero attached hydrogens (tertiary/aromatic N) is 1. The van der Waals surface area contributed by atoms with Gasteiger partial charge in [0.25, 0.3) is 0 Å². The molecule has 0 heterocycles. The van der Waals surface area contributed by atoms with Crippen molar-refractivity contribution in [1.82, 2.24) is 5.32 Å². The second-order valence-corrected chi connectivity index (χ2v) is 3.27. The van der Waals surface area contributed by atoms with Gasteiger partial charge in [0.2, 0.25) is 0 Å². The van der Waals surface area contributed by atoms with Crippen LogP contribution in [0.5, 0.6) is 0 Å². The van der Waals surface area contributed by atoms with Crippen molar-refractivity contribution in [3.8, 4) is 6.07 Å². The monoisotopic (exact) mass is 220 g/mol. The lowest BCUT2D eigenvalue weighted by molar-refractivity contribution is 0.562. The molecule has 16 heavy (non-hydrogen) atoms. The standard InChI is InChI=1S/C7H14N2.C7H10/c1-3-7(6-8)4-5-9-2;1-3-5-7-6-4-2/h7,9H,3-5H2,1-2H3;3-7H,1H2,2H3/b;6-4-,7-5-. The minimum absolute atomic E-state index is 0.248. The molecular weight excluding hydrogens is 196 g/mol. The molecule has 0 saturated heterocycles. The fourth-order valence-corrected chi connectivity index (χ4v) is 0.932. The summed E-state index contributed by atoms with van der Waals surface area (Å²) in [7, 11) is 1.91. The molecule has 0 rings (SSSR count). The minimum Gasteiger partial charge on any atom is -0.320 e. The maximum absolute atomic E-state index is 8.47. The van der Waals surface area contributed by atoms with Crippen LogP contribution in [0.2, 0.25) is 0 Å². The highest BCUT2D eigenvalue weighted by atomic mass is 14.8. The fraction of sp³-hybridized carbons (Fsp3) is 0.500. The highest BCUT2D eigenvalue weighted by molar-refractivity contribution is 5.07. The molecule has 1 atom stereocenters. The molecule has 0 amide bonds. The first kappa shape index (κ1) is 17.1. The van der Waals surface area contributed by atoms with Gasteiger partial charge in [-0.2, -0.15) is 5.26 Å². The van der Waals surface area contributed by atoms with Crippen molar-refractivity contribution in [2.45, 2.75) is 26.7 Å². The van der Waals surface area contributed by atoms with E-state index >= 15 is 0 Å². The average molecular weight is 220 g/mol. The Morgan fingerprint density at radius 1 is 1.38 bits per heavy atom. The Kier molecular flexibility index (Phi) is 17.2. The van der Waals surface area contributed by atoms with Crippen LogP contribution >= 0.6 is 0 Å². The lowest BCUT2D eigenvalue weighted by atomic mass is 10.1. The highest BCUT2D eigenvalue weighted by Gasteiger charge is 2.00. The van der Waals surface area contributed by atoms with Crippen LogP contribution in [-0.4, -0.2) is 13.6 Å². The number of allylic oxidation sites excluding steroid dienone is 5. The zero-order valence-electron chi connectivity index (χ0n) is 10.7. The van der Waals surface area contributed by atoms with Crippen molar-refractivity contribution in [2.24, 2.45) is 5.92 Å². The summed E-state index contributed by atoms with van der Waals surface area (Å²) < 4.78 is 0. The highest BCUT2D eigenvalue weighted by Crippen LogP contribution is 2.03. The van der Waals surface area contributed by atoms with Crippen molar-refractivity contribution >= 4 is 0 Å². The van der Waals surface area contributed by atoms with E-state index in [9.17, 15) is 0 Å². The van der Waals surface area contributed by atoms with Crippen LogP contribution < -0.4 is 5.32 Å². The normalized spacial score (nSPS) is 11.9. The van der Waals surface area contributed by atoms with Crippen LogP contribution in [0.15, 0.2) is 37.0 Å². The number of nitrogens with one attached hydrogen (secondary N) is 1. The van der Waals surface area contributed by atoms with E-state index in [4.69, 9.17) is 5.26 Å². The Morgan fingerprint density at radius 2 is 2.06 bits per heavy atom. The quantitative estimate of drug-likeness (QED) is 0.696. The molecule has 2 nitrogen and oxygen atoms in total. The van der Waals surface area contributed by atoms with Gasteiger partial charge in [-0.1, -0.05) is 43.9 Å². The van der Waals surface area contributed by atoms with Crippen LogP contribution in [0.1, 0.15) is 26.7 Å². The predicted octanol–water partition coefficient (Wildman–Crippen LogP) is 3.45. The SMILES string of the molecule is C=C/C=C\C=C/C.CCC(C#N)CCNC. The molecule has 0 aromatic carbocycles. The van der Waals surface area contributed by atoms with E-state index < -0.39 is 0 Å². The molecule has 0 spiro atoms. The maximum Gasteiger partial charge on any atom is 0.0656 e. The van der Waals surface area contributed by atoms with Crippen molar-refractivity contribution < 1.29 is 0 Å². The number of rotatable bonds is 6. The molecule has 2 heteroatoms. The van der Waals surface area contributed by atoms with Crippen LogP contribution in [0, 0.1) is 17.2 Å². The van der Waals surface area contributed by atoms with E-state index in [1.807, 2.05) is 45.2 Å². The van der Waals surface area contributed by atoms with Crippen molar-refractivity contribution in [2.75, 3.05) is 13.6 Å². The zero-order valence-corrected chi connectivity index (χ0v) is 10.7. The van der Waals surface area contributed by atoms with E-state index in [0.29, 0.717) is 0 Å². The molecular formula is C14H24N2. The number of nitriles is 1. The van der Waals surface area contributed by atoms with Gasteiger partial charge in [0.15, 0.2) is 0 Å². The Morgan fingerprint density at radius 3 is 2.44 bits per heavy atom. The Labute approximate surface area is 100 Å². The first-order chi connectivity index (χ1) is 7.76. The van der Waals surface area contributed by atoms with E-state index in [2.05, 4.69) is 18.0 Å². The fourth-order valence-electron chi connectivity index (χ4n) is 0.932. The summed E-state index contributed by atoms with van der Waals surface area (Å²) in [5.74, 6) is 0.248. The van der Waals surface area contributed by atoms with Gasteiger partial charge in [0.05, 0.1) is 6.07 Å². The first-order valence-electron chi connectivity index (χ1n) is 5.71. The van der Waals surface area contributed by atoms with Gasteiger partial charge in [-0.25, -0.2) is 0 Å². The van der Waals surface area contributed by atoms with Gasteiger partial charge < -0.3 is 5.32 Å². The Balaban J connectivity index is 0. The minimum atomic E-state index is 0.248. The third-order valence-electron chi connectivity index (χ3n) is 1.97. The topological polar surface area (TPSA) is 35.8 Å². The molecule has 1 unspecified atom stereocenters. The van der Waals surface area contributed by atoms with E-state index in [-0.39, 0.29) is 5.92 Å². The van der Waals surface area contributed by atoms with E-state index in [1.54, 1.807) is 6.08 Å². The molecule has 0 aromatic rings. The van der Waals surface area contributed by atoms with Gasteiger partial charge in [-0.15, -0.1) is 0 Å². The summed E-state index contributed by atoms with van der Waals surface area (Å²) in [6, 6.07) is 2.25. The lowest BCUT2D eigenvalue weighted by Crippen LogP contribution is -2.11. The van der Waals surface area contributed by atoms with Crippen LogP contribution in [0.4, 0.5) is 0 Å². The smallest absolute Gasteiger partial charge is 0.0656 e. The second-order valence-electron chi connectivity index (χ2n) is 3.27. The molecule has 0 aliphatic rings. The third-order valence-corrected chi connectivity index (χ3v) is 1.97. The van der Waals surface area contributed by atoms with Gasteiger partial charge >= 0.3 is 0 Å². The maximum atomic E-state index is 8.47. The van der Waals surface area contributed by atoms with Crippen molar-refractivity contribution in [3.05, 3.63) is 37.0 Å². The molecule has 0 radical (unpaired) electrons. The van der Waals surface area contributed by atoms with Crippen molar-refractivity contribution in [1.29, 1.82) is 5.26 Å². The molecule has 0 aromatic heterocycles. The molecule has 0 aliphatic heterocycles. The van der Waals surface area contributed by atoms with Crippen molar-refractivity contribution in [3.63, 3.8) is 0 Å². The van der Waals surface area contributed by atoms with Gasteiger partial charge in [-0.05, 0) is 33.4 Å². The van der Waals surface area contributed by atoms with Gasteiger partial charge in [-0.3, -0.25) is 0 Å². The number of hydrogen-bond acceptors (Lipinski definition) is 2. The van der Waals surface area contributed by atoms with Gasteiger partial charge in [0.1, 0.15) is 0 Å². The summed E-state index contributed by atoms with van der Waals surface area (Å²) in [4.78, 5) is 0. The zero-order chi connectivity index (χ0) is 12.6. The van der Waals surface area contributed by atoms with Crippen LogP contribution in [-0.2, 0) is 0 Å². The second kappa shape index (κ2) is 16.1. The summed E-state index contributed by atoms with van der Waals surface area (Å²) >= 11 is 0. The van der Waals surface area contributed by atoms with E-state index in [0.717, 1.165) is 19.4 Å². The Bertz CT molecular complexity index is 234. The third kappa shape index (κ3) is 15.2. The van der Waals surface area contributed by atoms with Crippen LogP contribution in [0.3, 0.4) is 0 Å². The summed E-state index contributed by atoms with van der Waals surface area (Å²) in [6.45, 7) is 8.49. The lowest BCUT2D eigenvalue weighted by Gasteiger charge is -2.02. The largest absolute Gasteiger partial charge is 0.320 e. The van der Waals surface area contributed by atoms with Crippen LogP contribution in [0.25, 0.3) is 0 Å². The van der Waals surface area contributed by atoms with Gasteiger partial charge in [0, 0.05) is 5.92 Å². The molecule has 0 saturated carbocycles. The molecule has 1 N–H and O–H groups in total. The molecule has 0 bridgehead atoms. The number of hydrogen-bond donors (Lipinski definition) is 1. The van der Waals surface area contributed by atoms with E-state index in [1.165, 1.54) is 0 Å². The predicted molar refractivity (Wildman–Crippen MR) is 72.1 cm³/mol.